The molecule has 0 aliphatic carbocycles. The molecule has 1 fully saturated rings. The van der Waals surface area contributed by atoms with Gasteiger partial charge in [-0.25, -0.2) is 12.7 Å². The summed E-state index contributed by atoms with van der Waals surface area (Å²) in [6, 6.07) is 0. The van der Waals surface area contributed by atoms with Gasteiger partial charge < -0.3 is 9.47 Å². The summed E-state index contributed by atoms with van der Waals surface area (Å²) in [7, 11) is -3.26. The van der Waals surface area contributed by atoms with Crippen molar-refractivity contribution in [3.63, 3.8) is 0 Å². The van der Waals surface area contributed by atoms with Crippen molar-refractivity contribution < 1.29 is 17.9 Å². The second-order valence-corrected chi connectivity index (χ2v) is 6.44. The van der Waals surface area contributed by atoms with Crippen LogP contribution in [0.2, 0.25) is 0 Å². The van der Waals surface area contributed by atoms with Crippen LogP contribution < -0.4 is 0 Å². The van der Waals surface area contributed by atoms with E-state index in [1.807, 2.05) is 6.92 Å². The lowest BCUT2D eigenvalue weighted by atomic mass is 10.1. The summed E-state index contributed by atoms with van der Waals surface area (Å²) in [5, 5.41) is -0.344. The van der Waals surface area contributed by atoms with Gasteiger partial charge in [0.25, 0.3) is 0 Å². The number of sulfonamides is 1. The minimum Gasteiger partial charge on any atom is -0.379 e. The van der Waals surface area contributed by atoms with Crippen LogP contribution in [0.15, 0.2) is 0 Å². The van der Waals surface area contributed by atoms with Gasteiger partial charge >= 0.3 is 0 Å². The van der Waals surface area contributed by atoms with E-state index in [-0.39, 0.29) is 11.3 Å². The number of halogens is 1. The summed E-state index contributed by atoms with van der Waals surface area (Å²) in [4.78, 5) is 0. The van der Waals surface area contributed by atoms with E-state index in [0.29, 0.717) is 32.9 Å². The first-order valence-electron chi connectivity index (χ1n) is 5.83. The van der Waals surface area contributed by atoms with E-state index in [0.717, 1.165) is 12.8 Å². The molecule has 0 saturated carbocycles. The van der Waals surface area contributed by atoms with Gasteiger partial charge in [-0.2, -0.15) is 0 Å². The van der Waals surface area contributed by atoms with Gasteiger partial charge in [-0.15, -0.1) is 11.6 Å². The van der Waals surface area contributed by atoms with Crippen molar-refractivity contribution in [2.75, 3.05) is 38.1 Å². The first-order chi connectivity index (χ1) is 8.10. The van der Waals surface area contributed by atoms with E-state index in [1.54, 1.807) is 0 Å². The number of hydrogen-bond acceptors (Lipinski definition) is 4. The minimum absolute atomic E-state index is 0.136. The molecule has 1 heterocycles. The average molecular weight is 286 g/mol. The van der Waals surface area contributed by atoms with Crippen molar-refractivity contribution >= 4 is 21.6 Å². The first-order valence-corrected chi connectivity index (χ1v) is 7.97. The second kappa shape index (κ2) is 7.53. The topological polar surface area (TPSA) is 55.8 Å². The molecule has 0 N–H and O–H groups in total. The van der Waals surface area contributed by atoms with Crippen molar-refractivity contribution in [2.45, 2.75) is 25.9 Å². The largest absolute Gasteiger partial charge is 0.379 e. The zero-order chi connectivity index (χ0) is 12.7. The van der Waals surface area contributed by atoms with Gasteiger partial charge in [-0.1, -0.05) is 0 Å². The van der Waals surface area contributed by atoms with E-state index >= 15 is 0 Å². The molecule has 1 aliphatic heterocycles. The van der Waals surface area contributed by atoms with Crippen LogP contribution >= 0.6 is 11.6 Å². The lowest BCUT2D eigenvalue weighted by Gasteiger charge is -2.30. The Bertz CT molecular complexity index is 301. The van der Waals surface area contributed by atoms with Crippen molar-refractivity contribution in [2.24, 2.45) is 0 Å². The van der Waals surface area contributed by atoms with E-state index in [9.17, 15) is 8.42 Å². The van der Waals surface area contributed by atoms with Gasteiger partial charge in [0.05, 0.1) is 19.3 Å². The Hall–Kier alpha value is 0.120. The number of ether oxygens (including phenoxy) is 2. The summed E-state index contributed by atoms with van der Waals surface area (Å²) in [5.74, 6) is 0. The highest BCUT2D eigenvalue weighted by atomic mass is 35.5. The number of alkyl halides is 1. The second-order valence-electron chi connectivity index (χ2n) is 3.89. The highest BCUT2D eigenvalue weighted by molar-refractivity contribution is 7.90. The van der Waals surface area contributed by atoms with E-state index in [1.165, 1.54) is 4.31 Å². The van der Waals surface area contributed by atoms with Crippen LogP contribution in [-0.2, 0) is 19.5 Å². The standard InChI is InChI=1S/C10H20ClNO4S/c1-2-15-7-8-16-10-3-5-12(6-4-10)17(13,14)9-11/h10H,2-9H2,1H3. The minimum atomic E-state index is -3.26. The summed E-state index contributed by atoms with van der Waals surface area (Å²) in [5.41, 5.74) is 0. The van der Waals surface area contributed by atoms with Crippen LogP contribution in [0.5, 0.6) is 0 Å². The van der Waals surface area contributed by atoms with Crippen molar-refractivity contribution in [1.29, 1.82) is 0 Å². The van der Waals surface area contributed by atoms with Crippen molar-refractivity contribution in [3.05, 3.63) is 0 Å². The smallest absolute Gasteiger partial charge is 0.228 e. The molecule has 5 nitrogen and oxygen atoms in total. The maximum Gasteiger partial charge on any atom is 0.228 e. The Morgan fingerprint density at radius 3 is 2.47 bits per heavy atom. The normalized spacial score (nSPS) is 19.6. The fourth-order valence-electron chi connectivity index (χ4n) is 1.76. The molecule has 0 aromatic heterocycles. The van der Waals surface area contributed by atoms with Gasteiger partial charge in [-0.05, 0) is 19.8 Å². The molecule has 0 atom stereocenters. The Balaban J connectivity index is 2.22. The van der Waals surface area contributed by atoms with Crippen molar-refractivity contribution in [3.8, 4) is 0 Å². The maximum absolute atomic E-state index is 11.5. The zero-order valence-electron chi connectivity index (χ0n) is 10.1. The molecular formula is C10H20ClNO4S. The average Bonchev–Trinajstić information content (AvgIpc) is 2.35. The quantitative estimate of drug-likeness (QED) is 0.518. The molecule has 0 aromatic carbocycles. The summed E-state index contributed by atoms with van der Waals surface area (Å²) in [6.07, 6.45) is 1.59. The molecule has 0 spiro atoms. The predicted octanol–water partition coefficient (Wildman–Crippen LogP) is 1.03. The van der Waals surface area contributed by atoms with Crippen LogP contribution in [0, 0.1) is 0 Å². The molecule has 1 saturated heterocycles. The Kier molecular flexibility index (Phi) is 6.72. The third-order valence-electron chi connectivity index (χ3n) is 2.72. The summed E-state index contributed by atoms with van der Waals surface area (Å²) in [6.45, 7) is 4.78. The molecule has 1 aliphatic rings. The zero-order valence-corrected chi connectivity index (χ0v) is 11.7. The SMILES string of the molecule is CCOCCOC1CCN(S(=O)(=O)CCl)CC1. The van der Waals surface area contributed by atoms with E-state index < -0.39 is 10.0 Å². The van der Waals surface area contributed by atoms with Crippen LogP contribution in [0.25, 0.3) is 0 Å². The number of rotatable bonds is 7. The van der Waals surface area contributed by atoms with E-state index in [2.05, 4.69) is 0 Å². The summed E-state index contributed by atoms with van der Waals surface area (Å²) < 4.78 is 35.2. The lowest BCUT2D eigenvalue weighted by molar-refractivity contribution is -0.0121. The van der Waals surface area contributed by atoms with Gasteiger partial charge in [0, 0.05) is 19.7 Å². The van der Waals surface area contributed by atoms with Crippen LogP contribution in [0.1, 0.15) is 19.8 Å². The molecule has 0 unspecified atom stereocenters. The van der Waals surface area contributed by atoms with Crippen LogP contribution in [0.4, 0.5) is 0 Å². The highest BCUT2D eigenvalue weighted by Gasteiger charge is 2.27. The molecular weight excluding hydrogens is 266 g/mol. The molecule has 0 bridgehead atoms. The Labute approximate surface area is 108 Å². The fourth-order valence-corrected chi connectivity index (χ4v) is 3.08. The number of hydrogen-bond donors (Lipinski definition) is 0. The fraction of sp³-hybridized carbons (Fsp3) is 1.00. The van der Waals surface area contributed by atoms with E-state index in [4.69, 9.17) is 21.1 Å². The highest BCUT2D eigenvalue weighted by Crippen LogP contribution is 2.17. The maximum atomic E-state index is 11.5. The monoisotopic (exact) mass is 285 g/mol. The predicted molar refractivity (Wildman–Crippen MR) is 66.7 cm³/mol. The van der Waals surface area contributed by atoms with Gasteiger partial charge in [0.1, 0.15) is 5.21 Å². The Morgan fingerprint density at radius 1 is 1.29 bits per heavy atom. The first kappa shape index (κ1) is 15.2. The number of nitrogens with zero attached hydrogens (tertiary/aromatic N) is 1. The number of piperidine rings is 1. The van der Waals surface area contributed by atoms with Crippen LogP contribution in [-0.4, -0.2) is 56.9 Å². The molecule has 0 radical (unpaired) electrons. The molecule has 0 aromatic rings. The van der Waals surface area contributed by atoms with Gasteiger partial charge in [-0.3, -0.25) is 0 Å². The molecule has 1 rings (SSSR count). The van der Waals surface area contributed by atoms with Gasteiger partial charge in [0.15, 0.2) is 0 Å². The van der Waals surface area contributed by atoms with Gasteiger partial charge in [0.2, 0.25) is 10.0 Å². The Morgan fingerprint density at radius 2 is 1.94 bits per heavy atom. The van der Waals surface area contributed by atoms with Crippen molar-refractivity contribution in [1.82, 2.24) is 4.31 Å². The molecule has 17 heavy (non-hydrogen) atoms. The molecule has 7 heteroatoms. The third kappa shape index (κ3) is 5.09. The van der Waals surface area contributed by atoms with Crippen LogP contribution in [0.3, 0.4) is 0 Å². The summed E-state index contributed by atoms with van der Waals surface area (Å²) >= 11 is 5.40. The third-order valence-corrected chi connectivity index (χ3v) is 4.97. The lowest BCUT2D eigenvalue weighted by Crippen LogP contribution is -2.41. The molecule has 102 valence electrons. The molecule has 0 amide bonds.